The summed E-state index contributed by atoms with van der Waals surface area (Å²) in [7, 11) is 1.71. The van der Waals surface area contributed by atoms with Crippen LogP contribution in [0.15, 0.2) is 34.9 Å². The highest BCUT2D eigenvalue weighted by atomic mass is 19.1. The second kappa shape index (κ2) is 7.02. The molecule has 0 fully saturated rings. The maximum absolute atomic E-state index is 13.2. The number of nitrogens with one attached hydrogen (secondary N) is 1. The summed E-state index contributed by atoms with van der Waals surface area (Å²) in [6.07, 6.45) is 0. The lowest BCUT2D eigenvalue weighted by Crippen LogP contribution is -2.28. The molecule has 2 heterocycles. The number of carbonyl (C=O) groups excluding carboxylic acids is 1. The first-order valence-electron chi connectivity index (χ1n) is 8.08. The molecule has 0 aliphatic heterocycles. The van der Waals surface area contributed by atoms with E-state index in [1.165, 1.54) is 24.3 Å². The minimum absolute atomic E-state index is 0.190. The number of aromatic carboxylic acids is 1. The Morgan fingerprint density at radius 1 is 1.30 bits per heavy atom. The van der Waals surface area contributed by atoms with Crippen molar-refractivity contribution in [2.45, 2.75) is 19.9 Å². The van der Waals surface area contributed by atoms with Crippen LogP contribution in [0.5, 0.6) is 0 Å². The lowest BCUT2D eigenvalue weighted by Gasteiger charge is -2.13. The smallest absolute Gasteiger partial charge is 0.375 e. The summed E-state index contributed by atoms with van der Waals surface area (Å²) in [6.45, 7) is 3.42. The van der Waals surface area contributed by atoms with Gasteiger partial charge < -0.3 is 14.9 Å². The molecule has 0 saturated heterocycles. The van der Waals surface area contributed by atoms with E-state index in [0.717, 1.165) is 5.69 Å². The van der Waals surface area contributed by atoms with Gasteiger partial charge in [0.25, 0.3) is 5.91 Å². The van der Waals surface area contributed by atoms with Gasteiger partial charge in [-0.25, -0.2) is 9.18 Å². The summed E-state index contributed by atoms with van der Waals surface area (Å²) in [6, 6.07) is 6.26. The molecule has 2 N–H and O–H groups in total. The van der Waals surface area contributed by atoms with E-state index in [1.54, 1.807) is 24.7 Å². The summed E-state index contributed by atoms with van der Waals surface area (Å²) in [5, 5.41) is 20.0. The van der Waals surface area contributed by atoms with E-state index >= 15 is 0 Å². The monoisotopic (exact) mass is 372 g/mol. The van der Waals surface area contributed by atoms with Gasteiger partial charge in [0.05, 0.1) is 11.6 Å². The minimum Gasteiger partial charge on any atom is -0.475 e. The van der Waals surface area contributed by atoms with E-state index in [-0.39, 0.29) is 22.7 Å². The predicted octanol–water partition coefficient (Wildman–Crippen LogP) is 2.71. The van der Waals surface area contributed by atoms with Crippen molar-refractivity contribution in [2.24, 2.45) is 7.05 Å². The van der Waals surface area contributed by atoms with Crippen molar-refractivity contribution >= 4 is 11.9 Å². The number of carbonyl (C=O) groups is 2. The molecule has 3 rings (SSSR count). The number of carboxylic acids is 1. The molecule has 1 unspecified atom stereocenters. The summed E-state index contributed by atoms with van der Waals surface area (Å²) in [4.78, 5) is 24.0. The van der Waals surface area contributed by atoms with Crippen LogP contribution < -0.4 is 5.32 Å². The molecule has 0 aliphatic rings. The Morgan fingerprint density at radius 3 is 2.52 bits per heavy atom. The number of rotatable bonds is 5. The van der Waals surface area contributed by atoms with E-state index in [2.05, 4.69) is 15.6 Å². The Kier molecular flexibility index (Phi) is 4.76. The third kappa shape index (κ3) is 3.57. The fourth-order valence-corrected chi connectivity index (χ4v) is 2.68. The molecular formula is C18H17FN4O4. The number of aromatic nitrogens is 3. The van der Waals surface area contributed by atoms with Gasteiger partial charge in [0.1, 0.15) is 17.2 Å². The predicted molar refractivity (Wildman–Crippen MR) is 92.7 cm³/mol. The van der Waals surface area contributed by atoms with Gasteiger partial charge in [-0.15, -0.1) is 0 Å². The van der Waals surface area contributed by atoms with E-state index in [9.17, 15) is 19.1 Å². The number of aryl methyl sites for hydroxylation is 2. The van der Waals surface area contributed by atoms with E-state index in [1.807, 2.05) is 6.92 Å². The number of halogens is 1. The zero-order valence-electron chi connectivity index (χ0n) is 14.9. The first kappa shape index (κ1) is 18.3. The molecule has 0 bridgehead atoms. The highest BCUT2D eigenvalue weighted by Gasteiger charge is 2.28. The summed E-state index contributed by atoms with van der Waals surface area (Å²) in [5.41, 5.74) is 1.89. The first-order chi connectivity index (χ1) is 12.8. The van der Waals surface area contributed by atoms with Crippen molar-refractivity contribution in [3.63, 3.8) is 0 Å². The molecule has 0 spiro atoms. The molecule has 0 saturated carbocycles. The number of hydrogen-bond acceptors (Lipinski definition) is 5. The summed E-state index contributed by atoms with van der Waals surface area (Å²) >= 11 is 0. The van der Waals surface area contributed by atoms with Gasteiger partial charge in [0.15, 0.2) is 0 Å². The van der Waals surface area contributed by atoms with Crippen LogP contribution in [0.3, 0.4) is 0 Å². The van der Waals surface area contributed by atoms with Gasteiger partial charge in [-0.05, 0) is 44.2 Å². The second-order valence-electron chi connectivity index (χ2n) is 6.08. The summed E-state index contributed by atoms with van der Waals surface area (Å²) in [5.74, 6) is -2.61. The molecule has 140 valence electrons. The highest BCUT2D eigenvalue weighted by molar-refractivity contribution is 5.93. The molecule has 1 atom stereocenters. The fourth-order valence-electron chi connectivity index (χ4n) is 2.68. The van der Waals surface area contributed by atoms with Gasteiger partial charge in [0.2, 0.25) is 5.76 Å². The molecule has 0 aliphatic carbocycles. The Morgan fingerprint density at radius 2 is 1.96 bits per heavy atom. The normalized spacial score (nSPS) is 12.0. The van der Waals surface area contributed by atoms with Gasteiger partial charge in [0, 0.05) is 18.3 Å². The lowest BCUT2D eigenvalue weighted by atomic mass is 10.0. The average molecular weight is 372 g/mol. The zero-order valence-corrected chi connectivity index (χ0v) is 14.9. The average Bonchev–Trinajstić information content (AvgIpc) is 3.20. The van der Waals surface area contributed by atoms with Crippen LogP contribution in [0, 0.1) is 12.7 Å². The Labute approximate surface area is 153 Å². The third-order valence-corrected chi connectivity index (χ3v) is 4.17. The van der Waals surface area contributed by atoms with Crippen molar-refractivity contribution in [3.05, 3.63) is 58.9 Å². The number of hydrogen-bond donors (Lipinski definition) is 2. The molecule has 1 amide bonds. The van der Waals surface area contributed by atoms with Crippen LogP contribution in [0.25, 0.3) is 11.3 Å². The van der Waals surface area contributed by atoms with Crippen molar-refractivity contribution in [2.75, 3.05) is 0 Å². The van der Waals surface area contributed by atoms with Crippen LogP contribution in [-0.4, -0.2) is 31.9 Å². The molecule has 0 radical (unpaired) electrons. The SMILES string of the molecule is Cc1cc(C(=O)NC(C)c2c(-c3ccc(F)cc3)noc2C(=O)O)nn1C. The van der Waals surface area contributed by atoms with Crippen LogP contribution in [0.1, 0.15) is 45.3 Å². The maximum atomic E-state index is 13.2. The van der Waals surface area contributed by atoms with Gasteiger partial charge in [-0.2, -0.15) is 5.10 Å². The second-order valence-corrected chi connectivity index (χ2v) is 6.08. The molecule has 8 nitrogen and oxygen atoms in total. The Bertz CT molecular complexity index is 988. The molecule has 3 aromatic rings. The van der Waals surface area contributed by atoms with Gasteiger partial charge in [-0.3, -0.25) is 9.48 Å². The van der Waals surface area contributed by atoms with Crippen LogP contribution in [-0.2, 0) is 7.05 Å². The van der Waals surface area contributed by atoms with Crippen molar-refractivity contribution < 1.29 is 23.6 Å². The number of amides is 1. The van der Waals surface area contributed by atoms with Crippen LogP contribution in [0.4, 0.5) is 4.39 Å². The molecule has 1 aromatic carbocycles. The molecule has 2 aromatic heterocycles. The largest absolute Gasteiger partial charge is 0.475 e. The number of nitrogens with zero attached hydrogens (tertiary/aromatic N) is 3. The van der Waals surface area contributed by atoms with Crippen LogP contribution >= 0.6 is 0 Å². The van der Waals surface area contributed by atoms with Gasteiger partial charge in [-0.1, -0.05) is 5.16 Å². The molecule has 9 heteroatoms. The first-order valence-corrected chi connectivity index (χ1v) is 8.08. The van der Waals surface area contributed by atoms with Crippen molar-refractivity contribution in [1.29, 1.82) is 0 Å². The highest BCUT2D eigenvalue weighted by Crippen LogP contribution is 2.31. The summed E-state index contributed by atoms with van der Waals surface area (Å²) < 4.78 is 19.7. The zero-order chi connectivity index (χ0) is 19.7. The Hall–Kier alpha value is -3.49. The van der Waals surface area contributed by atoms with Crippen molar-refractivity contribution in [1.82, 2.24) is 20.3 Å². The van der Waals surface area contributed by atoms with E-state index in [0.29, 0.717) is 5.56 Å². The fraction of sp³-hybridized carbons (Fsp3) is 0.222. The standard InChI is InChI=1S/C18H17FN4O4/c1-9-8-13(21-23(9)3)17(24)20-10(2)14-15(22-27-16(14)18(25)26)11-4-6-12(19)7-5-11/h4-8,10H,1-3H3,(H,20,24)(H,25,26). The topological polar surface area (TPSA) is 110 Å². The number of benzene rings is 1. The van der Waals surface area contributed by atoms with E-state index < -0.39 is 23.7 Å². The third-order valence-electron chi connectivity index (χ3n) is 4.17. The van der Waals surface area contributed by atoms with Gasteiger partial charge >= 0.3 is 5.97 Å². The van der Waals surface area contributed by atoms with E-state index in [4.69, 9.17) is 4.52 Å². The van der Waals surface area contributed by atoms with Crippen LogP contribution in [0.2, 0.25) is 0 Å². The number of carboxylic acid groups (broad SMARTS) is 1. The Balaban J connectivity index is 1.96. The molecular weight excluding hydrogens is 355 g/mol. The quantitative estimate of drug-likeness (QED) is 0.712. The minimum atomic E-state index is -1.32. The maximum Gasteiger partial charge on any atom is 0.375 e. The molecule has 27 heavy (non-hydrogen) atoms. The lowest BCUT2D eigenvalue weighted by molar-refractivity contribution is 0.0648. The van der Waals surface area contributed by atoms with Crippen molar-refractivity contribution in [3.8, 4) is 11.3 Å².